The zero-order valence-corrected chi connectivity index (χ0v) is 29.6. The number of hydrogen-bond acceptors (Lipinski definition) is 7. The van der Waals surface area contributed by atoms with Crippen LogP contribution in [0.1, 0.15) is 47.9 Å². The van der Waals surface area contributed by atoms with Crippen molar-refractivity contribution in [1.29, 1.82) is 0 Å². The molecule has 5 aromatic rings. The Balaban J connectivity index is 1.47. The van der Waals surface area contributed by atoms with E-state index < -0.39 is 36.9 Å². The van der Waals surface area contributed by atoms with Crippen molar-refractivity contribution >= 4 is 36.0 Å². The number of fused-ring (bicyclic) bond motifs is 4. The van der Waals surface area contributed by atoms with Crippen molar-refractivity contribution in [2.45, 2.75) is 61.3 Å². The predicted octanol–water partition coefficient (Wildman–Crippen LogP) is 6.32. The molecule has 4 atom stereocenters. The number of aliphatic hydroxyl groups excluding tert-OH is 1. The first kappa shape index (κ1) is 33.2. The number of hydrogen-bond donors (Lipinski definition) is 2. The van der Waals surface area contributed by atoms with Crippen LogP contribution in [-0.2, 0) is 24.4 Å². The number of Topliss-reactive ketones (excluding diaryl/α,β-unsaturated/α-hetero) is 1. The van der Waals surface area contributed by atoms with Crippen LogP contribution in [0.2, 0.25) is 4.31 Å². The van der Waals surface area contributed by atoms with Crippen LogP contribution in [0.15, 0.2) is 103 Å². The number of carbonyl (C=O) groups excluding carboxylic acids is 1. The number of rotatable bonds is 11. The zero-order chi connectivity index (χ0) is 34.2. The Bertz CT molecular complexity index is 1970. The van der Waals surface area contributed by atoms with Crippen molar-refractivity contribution in [1.82, 2.24) is 0 Å². The summed E-state index contributed by atoms with van der Waals surface area (Å²) in [6, 6.07) is 33.6. The first-order valence-electron chi connectivity index (χ1n) is 16.6. The molecule has 0 unspecified atom stereocenters. The van der Waals surface area contributed by atoms with Gasteiger partial charge in [0.05, 0.1) is 0 Å². The van der Waals surface area contributed by atoms with E-state index in [0.717, 1.165) is 26.7 Å². The fourth-order valence-electron chi connectivity index (χ4n) is 7.64. The Labute approximate surface area is 293 Å². The van der Waals surface area contributed by atoms with Crippen LogP contribution in [0.3, 0.4) is 0 Å². The summed E-state index contributed by atoms with van der Waals surface area (Å²) in [7, 11) is 3.24. The molecule has 2 aliphatic rings. The van der Waals surface area contributed by atoms with Gasteiger partial charge < -0.3 is 0 Å². The van der Waals surface area contributed by atoms with E-state index in [1.807, 2.05) is 103 Å². The van der Waals surface area contributed by atoms with Crippen molar-refractivity contribution < 1.29 is 34.0 Å². The molecule has 0 saturated heterocycles. The Morgan fingerprint density at radius 3 is 1.78 bits per heavy atom. The summed E-state index contributed by atoms with van der Waals surface area (Å²) in [6.45, 7) is 2.45. The number of methoxy groups -OCH3 is 2. The second-order valence-electron chi connectivity index (χ2n) is 12.8. The average molecular weight is 724 g/mol. The number of ether oxygens (including phenoxy) is 4. The van der Waals surface area contributed by atoms with Gasteiger partial charge in [0.25, 0.3) is 0 Å². The van der Waals surface area contributed by atoms with Crippen LogP contribution in [0.5, 0.6) is 23.0 Å². The molecule has 0 heterocycles. The molecule has 252 valence electrons. The van der Waals surface area contributed by atoms with Gasteiger partial charge in [-0.05, 0) is 0 Å². The fourth-order valence-corrected chi connectivity index (χ4v) is 11.0. The van der Waals surface area contributed by atoms with Gasteiger partial charge in [0.1, 0.15) is 0 Å². The standard InChI is InChI=1S/C41H40O7Se/c1-4-40(44)23-30(42)36-33-29(22-41(36,39(40)43)49-28-18-12-7-13-19-28)37(45-2)34-31(47-24-26-14-8-5-9-15-26)20-21-32(35(34)38(33)46-3)48-25-27-16-10-6-11-17-27/h5-21,30,36,42,44H,4,22-25H2,1-3H3/t30-,36+,40-,41+/m0/s1. The van der Waals surface area contributed by atoms with E-state index in [1.165, 1.54) is 0 Å². The minimum atomic E-state index is -1.65. The Morgan fingerprint density at radius 2 is 1.27 bits per heavy atom. The third-order valence-electron chi connectivity index (χ3n) is 9.93. The van der Waals surface area contributed by atoms with Gasteiger partial charge in [0.2, 0.25) is 0 Å². The van der Waals surface area contributed by atoms with Crippen molar-refractivity contribution in [3.8, 4) is 23.0 Å². The molecule has 0 radical (unpaired) electrons. The second kappa shape index (κ2) is 13.5. The Hall–Kier alpha value is -4.33. The molecule has 2 N–H and O–H groups in total. The van der Waals surface area contributed by atoms with E-state index in [-0.39, 0.29) is 25.0 Å². The van der Waals surface area contributed by atoms with Crippen molar-refractivity contribution in [3.05, 3.63) is 125 Å². The summed E-state index contributed by atoms with van der Waals surface area (Å²) in [6.07, 6.45) is -0.566. The molecular formula is C41H40O7Se. The van der Waals surface area contributed by atoms with Gasteiger partial charge in [-0.1, -0.05) is 0 Å². The first-order chi connectivity index (χ1) is 23.8. The van der Waals surface area contributed by atoms with Crippen molar-refractivity contribution in [2.75, 3.05) is 14.2 Å². The van der Waals surface area contributed by atoms with Crippen LogP contribution >= 0.6 is 0 Å². The molecule has 0 bridgehead atoms. The maximum absolute atomic E-state index is 14.8. The second-order valence-corrected chi connectivity index (χ2v) is 15.7. The predicted molar refractivity (Wildman–Crippen MR) is 190 cm³/mol. The van der Waals surface area contributed by atoms with E-state index in [0.29, 0.717) is 47.0 Å². The molecule has 49 heavy (non-hydrogen) atoms. The molecular weight excluding hydrogens is 683 g/mol. The van der Waals surface area contributed by atoms with Crippen LogP contribution in [-0.4, -0.2) is 56.9 Å². The number of aliphatic hydroxyl groups is 2. The monoisotopic (exact) mass is 724 g/mol. The third kappa shape index (κ3) is 5.77. The summed E-state index contributed by atoms with van der Waals surface area (Å²) in [4.78, 5) is 14.8. The number of carbonyl (C=O) groups is 1. The summed E-state index contributed by atoms with van der Waals surface area (Å²) in [5, 5.41) is 25.1. The van der Waals surface area contributed by atoms with E-state index in [1.54, 1.807) is 21.1 Å². The third-order valence-corrected chi connectivity index (χ3v) is 13.0. The molecule has 0 spiro atoms. The number of benzene rings is 5. The first-order valence-corrected chi connectivity index (χ1v) is 18.3. The van der Waals surface area contributed by atoms with Crippen LogP contribution < -0.4 is 23.4 Å². The molecule has 1 saturated carbocycles. The fraction of sp³-hybridized carbons (Fsp3) is 0.293. The van der Waals surface area contributed by atoms with E-state index in [2.05, 4.69) is 0 Å². The molecule has 2 aliphatic carbocycles. The summed E-state index contributed by atoms with van der Waals surface area (Å²) in [5.41, 5.74) is 1.88. The summed E-state index contributed by atoms with van der Waals surface area (Å²) < 4.78 is 25.6. The van der Waals surface area contributed by atoms with Crippen molar-refractivity contribution in [3.63, 3.8) is 0 Å². The maximum atomic E-state index is 14.8. The summed E-state index contributed by atoms with van der Waals surface area (Å²) in [5.74, 6) is 1.36. The molecule has 1 fully saturated rings. The molecule has 0 aromatic heterocycles. The van der Waals surface area contributed by atoms with E-state index in [9.17, 15) is 15.0 Å². The average Bonchev–Trinajstić information content (AvgIpc) is 3.48. The Kier molecular flexibility index (Phi) is 9.16. The molecule has 0 amide bonds. The van der Waals surface area contributed by atoms with Gasteiger partial charge in [-0.25, -0.2) is 0 Å². The normalized spacial score (nSPS) is 22.8. The van der Waals surface area contributed by atoms with Gasteiger partial charge in [-0.15, -0.1) is 0 Å². The molecule has 7 rings (SSSR count). The molecule has 8 heteroatoms. The van der Waals surface area contributed by atoms with Crippen molar-refractivity contribution in [2.24, 2.45) is 0 Å². The molecule has 5 aromatic carbocycles. The van der Waals surface area contributed by atoms with Gasteiger partial charge in [-0.2, -0.15) is 0 Å². The molecule has 7 nitrogen and oxygen atoms in total. The van der Waals surface area contributed by atoms with Crippen LogP contribution in [0.4, 0.5) is 0 Å². The number of ketones is 1. The summed E-state index contributed by atoms with van der Waals surface area (Å²) >= 11 is -0.457. The van der Waals surface area contributed by atoms with E-state index in [4.69, 9.17) is 18.9 Å². The Morgan fingerprint density at radius 1 is 0.755 bits per heavy atom. The zero-order valence-electron chi connectivity index (χ0n) is 27.8. The van der Waals surface area contributed by atoms with Gasteiger partial charge in [0.15, 0.2) is 0 Å². The van der Waals surface area contributed by atoms with Gasteiger partial charge in [0, 0.05) is 0 Å². The van der Waals surface area contributed by atoms with Crippen LogP contribution in [0, 0.1) is 0 Å². The topological polar surface area (TPSA) is 94.5 Å². The van der Waals surface area contributed by atoms with Gasteiger partial charge in [-0.3, -0.25) is 0 Å². The SMILES string of the molecule is CC[C@]1(O)C[C@H](O)[C@@H]2c3c(c(OC)c4c(OCc5ccccc5)ccc(OCc5ccccc5)c4c3OC)C[C@]2([Se]c2ccccc2)C1=O. The van der Waals surface area contributed by atoms with Gasteiger partial charge >= 0.3 is 294 Å². The quantitative estimate of drug-likeness (QED) is 0.154. The van der Waals surface area contributed by atoms with Crippen LogP contribution in [0.25, 0.3) is 10.8 Å². The van der Waals surface area contributed by atoms with E-state index >= 15 is 0 Å². The minimum absolute atomic E-state index is 0.0554. The molecule has 0 aliphatic heterocycles.